The number of carbonyl (C=O) groups excluding carboxylic acids is 1. The Kier molecular flexibility index (Phi) is 5.86. The van der Waals surface area contributed by atoms with Crippen LogP contribution in [0.2, 0.25) is 5.02 Å². The van der Waals surface area contributed by atoms with Gasteiger partial charge in [0.1, 0.15) is 5.75 Å². The molecule has 2 heterocycles. The van der Waals surface area contributed by atoms with Crippen LogP contribution in [0.15, 0.2) is 59.1 Å². The van der Waals surface area contributed by atoms with Gasteiger partial charge in [-0.25, -0.2) is 4.98 Å². The van der Waals surface area contributed by atoms with E-state index in [0.29, 0.717) is 29.5 Å². The van der Waals surface area contributed by atoms with Gasteiger partial charge in [-0.15, -0.1) is 0 Å². The molecule has 29 heavy (non-hydrogen) atoms. The lowest BCUT2D eigenvalue weighted by Crippen LogP contribution is -2.30. The zero-order chi connectivity index (χ0) is 20.2. The summed E-state index contributed by atoms with van der Waals surface area (Å²) in [5.41, 5.74) is 2.07. The number of hydrogen-bond donors (Lipinski definition) is 0. The molecule has 1 aromatic heterocycles. The summed E-state index contributed by atoms with van der Waals surface area (Å²) in [5.74, 6) is 2.21. The van der Waals surface area contributed by atoms with Crippen LogP contribution in [-0.2, 0) is 11.2 Å². The van der Waals surface area contributed by atoms with E-state index in [1.54, 1.807) is 13.3 Å². The molecule has 6 heteroatoms. The van der Waals surface area contributed by atoms with Crippen molar-refractivity contribution >= 4 is 17.5 Å². The van der Waals surface area contributed by atoms with Gasteiger partial charge in [0.15, 0.2) is 11.7 Å². The Hall–Kier alpha value is -2.79. The van der Waals surface area contributed by atoms with Gasteiger partial charge in [0.2, 0.25) is 5.91 Å². The second-order valence-electron chi connectivity index (χ2n) is 7.14. The molecule has 4 rings (SSSR count). The summed E-state index contributed by atoms with van der Waals surface area (Å²) in [4.78, 5) is 19.2. The standard InChI is InChI=1S/C23H23ClN2O3/c1-28-19-10-6-16(7-11-19)20-3-2-14-26(20)23(27)13-12-22-25-15-21(29-22)17-4-8-18(24)9-5-17/h4-11,15,20H,2-3,12-14H2,1H3. The van der Waals surface area contributed by atoms with E-state index in [-0.39, 0.29) is 11.9 Å². The van der Waals surface area contributed by atoms with Crippen molar-refractivity contribution in [3.63, 3.8) is 0 Å². The highest BCUT2D eigenvalue weighted by Crippen LogP contribution is 2.33. The average Bonchev–Trinajstić information content (AvgIpc) is 3.42. The highest BCUT2D eigenvalue weighted by Gasteiger charge is 2.29. The Morgan fingerprint density at radius 1 is 1.21 bits per heavy atom. The number of hydrogen-bond acceptors (Lipinski definition) is 4. The lowest BCUT2D eigenvalue weighted by atomic mass is 10.0. The predicted molar refractivity (Wildman–Crippen MR) is 112 cm³/mol. The maximum Gasteiger partial charge on any atom is 0.223 e. The maximum absolute atomic E-state index is 12.9. The van der Waals surface area contributed by atoms with E-state index < -0.39 is 0 Å². The fraction of sp³-hybridized carbons (Fsp3) is 0.304. The summed E-state index contributed by atoms with van der Waals surface area (Å²) in [5, 5.41) is 0.677. The quantitative estimate of drug-likeness (QED) is 0.553. The summed E-state index contributed by atoms with van der Waals surface area (Å²) >= 11 is 5.93. The van der Waals surface area contributed by atoms with Crippen LogP contribution >= 0.6 is 11.6 Å². The zero-order valence-corrected chi connectivity index (χ0v) is 17.1. The lowest BCUT2D eigenvalue weighted by molar-refractivity contribution is -0.132. The number of aromatic nitrogens is 1. The zero-order valence-electron chi connectivity index (χ0n) is 16.3. The molecule has 1 saturated heterocycles. The number of rotatable bonds is 6. The number of ether oxygens (including phenoxy) is 1. The van der Waals surface area contributed by atoms with Crippen LogP contribution in [0.5, 0.6) is 5.75 Å². The highest BCUT2D eigenvalue weighted by molar-refractivity contribution is 6.30. The number of halogens is 1. The third-order valence-electron chi connectivity index (χ3n) is 5.31. The molecule has 0 aliphatic carbocycles. The summed E-state index contributed by atoms with van der Waals surface area (Å²) < 4.78 is 11.0. The molecule has 0 bridgehead atoms. The number of carbonyl (C=O) groups is 1. The number of likely N-dealkylation sites (tertiary alicyclic amines) is 1. The van der Waals surface area contributed by atoms with Crippen LogP contribution < -0.4 is 4.74 Å². The highest BCUT2D eigenvalue weighted by atomic mass is 35.5. The largest absolute Gasteiger partial charge is 0.497 e. The molecule has 3 aromatic rings. The van der Waals surface area contributed by atoms with E-state index in [1.807, 2.05) is 53.4 Å². The van der Waals surface area contributed by atoms with Gasteiger partial charge in [0.25, 0.3) is 0 Å². The van der Waals surface area contributed by atoms with Gasteiger partial charge in [-0.2, -0.15) is 0 Å². The minimum atomic E-state index is 0.127. The number of nitrogens with zero attached hydrogens (tertiary/aromatic N) is 2. The smallest absolute Gasteiger partial charge is 0.223 e. The van der Waals surface area contributed by atoms with Gasteiger partial charge in [0.05, 0.1) is 19.3 Å². The van der Waals surface area contributed by atoms with Gasteiger partial charge in [-0.3, -0.25) is 4.79 Å². The van der Waals surface area contributed by atoms with E-state index in [1.165, 1.54) is 0 Å². The van der Waals surface area contributed by atoms with Crippen molar-refractivity contribution in [2.45, 2.75) is 31.7 Å². The number of aryl methyl sites for hydroxylation is 1. The number of amides is 1. The molecule has 1 fully saturated rings. The molecule has 0 radical (unpaired) electrons. The third-order valence-corrected chi connectivity index (χ3v) is 5.56. The Bertz CT molecular complexity index is 967. The Morgan fingerprint density at radius 3 is 2.69 bits per heavy atom. The first-order valence-electron chi connectivity index (χ1n) is 9.78. The first kappa shape index (κ1) is 19.5. The number of methoxy groups -OCH3 is 1. The molecule has 0 saturated carbocycles. The molecular weight excluding hydrogens is 388 g/mol. The molecule has 1 aliphatic heterocycles. The van der Waals surface area contributed by atoms with Crippen molar-refractivity contribution < 1.29 is 13.9 Å². The van der Waals surface area contributed by atoms with Gasteiger partial charge in [-0.05, 0) is 54.8 Å². The van der Waals surface area contributed by atoms with Gasteiger partial charge in [0, 0.05) is 30.0 Å². The van der Waals surface area contributed by atoms with Gasteiger partial charge in [-0.1, -0.05) is 23.7 Å². The maximum atomic E-state index is 12.9. The molecule has 5 nitrogen and oxygen atoms in total. The van der Waals surface area contributed by atoms with E-state index in [4.69, 9.17) is 20.8 Å². The summed E-state index contributed by atoms with van der Waals surface area (Å²) in [6.45, 7) is 0.789. The van der Waals surface area contributed by atoms with Crippen LogP contribution in [0, 0.1) is 0 Å². The molecule has 1 unspecified atom stereocenters. The topological polar surface area (TPSA) is 55.6 Å². The van der Waals surface area contributed by atoms with E-state index in [9.17, 15) is 4.79 Å². The van der Waals surface area contributed by atoms with Crippen LogP contribution in [0.4, 0.5) is 0 Å². The molecule has 2 aromatic carbocycles. The van der Waals surface area contributed by atoms with Crippen LogP contribution in [0.1, 0.15) is 36.8 Å². The van der Waals surface area contributed by atoms with Crippen molar-refractivity contribution in [1.29, 1.82) is 0 Å². The summed E-state index contributed by atoms with van der Waals surface area (Å²) in [7, 11) is 1.65. The fourth-order valence-electron chi connectivity index (χ4n) is 3.77. The fourth-order valence-corrected chi connectivity index (χ4v) is 3.89. The summed E-state index contributed by atoms with van der Waals surface area (Å²) in [6.07, 6.45) is 4.56. The Morgan fingerprint density at radius 2 is 1.97 bits per heavy atom. The first-order chi connectivity index (χ1) is 14.1. The normalized spacial score (nSPS) is 16.2. The molecule has 1 amide bonds. The number of oxazole rings is 1. The first-order valence-corrected chi connectivity index (χ1v) is 10.2. The summed E-state index contributed by atoms with van der Waals surface area (Å²) in [6, 6.07) is 15.5. The molecule has 1 atom stereocenters. The average molecular weight is 411 g/mol. The molecule has 0 N–H and O–H groups in total. The molecular formula is C23H23ClN2O3. The Labute approximate surface area is 175 Å². The van der Waals surface area contributed by atoms with Crippen LogP contribution in [0.25, 0.3) is 11.3 Å². The van der Waals surface area contributed by atoms with Gasteiger partial charge < -0.3 is 14.1 Å². The third kappa shape index (κ3) is 4.46. The molecule has 1 aliphatic rings. The molecule has 0 spiro atoms. The monoisotopic (exact) mass is 410 g/mol. The number of benzene rings is 2. The van der Waals surface area contributed by atoms with E-state index in [0.717, 1.165) is 36.3 Å². The second-order valence-corrected chi connectivity index (χ2v) is 7.58. The van der Waals surface area contributed by atoms with Crippen LogP contribution in [-0.4, -0.2) is 29.4 Å². The predicted octanol–water partition coefficient (Wildman–Crippen LogP) is 5.30. The lowest BCUT2D eigenvalue weighted by Gasteiger charge is -2.25. The van der Waals surface area contributed by atoms with Crippen molar-refractivity contribution in [2.24, 2.45) is 0 Å². The van der Waals surface area contributed by atoms with Crippen molar-refractivity contribution in [2.75, 3.05) is 13.7 Å². The SMILES string of the molecule is COc1ccc(C2CCCN2C(=O)CCc2ncc(-c3ccc(Cl)cc3)o2)cc1. The van der Waals surface area contributed by atoms with E-state index in [2.05, 4.69) is 4.98 Å². The van der Waals surface area contributed by atoms with Crippen molar-refractivity contribution in [3.8, 4) is 17.1 Å². The van der Waals surface area contributed by atoms with Crippen LogP contribution in [0.3, 0.4) is 0 Å². The minimum Gasteiger partial charge on any atom is -0.497 e. The minimum absolute atomic E-state index is 0.127. The second kappa shape index (κ2) is 8.70. The Balaban J connectivity index is 1.38. The molecule has 150 valence electrons. The van der Waals surface area contributed by atoms with Crippen molar-refractivity contribution in [1.82, 2.24) is 9.88 Å². The van der Waals surface area contributed by atoms with Crippen molar-refractivity contribution in [3.05, 3.63) is 71.2 Å². The van der Waals surface area contributed by atoms with Gasteiger partial charge >= 0.3 is 0 Å². The van der Waals surface area contributed by atoms with E-state index >= 15 is 0 Å².